The maximum atomic E-state index is 12.6. The number of benzene rings is 1. The first kappa shape index (κ1) is 11.7. The van der Waals surface area contributed by atoms with Gasteiger partial charge in [0, 0.05) is 10.5 Å². The average molecular weight is 316 g/mol. The smallest absolute Gasteiger partial charge is 0.184 e. The van der Waals surface area contributed by atoms with Crippen molar-refractivity contribution >= 4 is 25.8 Å². The molecular weight excluding hydrogens is 302 g/mol. The van der Waals surface area contributed by atoms with Gasteiger partial charge in [0.25, 0.3) is 0 Å². The Morgan fingerprint density at radius 3 is 2.65 bits per heavy atom. The molecule has 0 unspecified atom stereocenters. The van der Waals surface area contributed by atoms with Crippen molar-refractivity contribution in [3.05, 3.63) is 28.2 Å². The summed E-state index contributed by atoms with van der Waals surface area (Å²) >= 11 is 3.36. The van der Waals surface area contributed by atoms with Crippen LogP contribution in [0, 0.1) is 0 Å². The van der Waals surface area contributed by atoms with Crippen molar-refractivity contribution in [1.82, 2.24) is 0 Å². The molecule has 1 spiro atoms. The Morgan fingerprint density at radius 1 is 1.35 bits per heavy atom. The summed E-state index contributed by atoms with van der Waals surface area (Å²) in [6.45, 7) is 0. The molecule has 3 nitrogen and oxygen atoms in total. The largest absolute Gasteiger partial charge is 0.324 e. The second-order valence-corrected chi connectivity index (χ2v) is 8.26. The SMILES string of the molecule is N[C@H]1CC2(CCC2)S(=O)(=O)c2ccc(Br)cc21. The van der Waals surface area contributed by atoms with Gasteiger partial charge in [-0.25, -0.2) is 8.42 Å². The highest BCUT2D eigenvalue weighted by Gasteiger charge is 2.53. The van der Waals surface area contributed by atoms with E-state index in [0.717, 1.165) is 29.3 Å². The minimum absolute atomic E-state index is 0.161. The summed E-state index contributed by atoms with van der Waals surface area (Å²) in [5.74, 6) is 0. The van der Waals surface area contributed by atoms with Crippen molar-refractivity contribution in [2.45, 2.75) is 41.4 Å². The van der Waals surface area contributed by atoms with Crippen LogP contribution in [0.5, 0.6) is 0 Å². The average Bonchev–Trinajstić information content (AvgIpc) is 2.20. The first-order valence-corrected chi connectivity index (χ1v) is 8.04. The van der Waals surface area contributed by atoms with E-state index in [1.54, 1.807) is 12.1 Å². The van der Waals surface area contributed by atoms with E-state index >= 15 is 0 Å². The second-order valence-electron chi connectivity index (χ2n) is 5.03. The fraction of sp³-hybridized carbons (Fsp3) is 0.500. The number of hydrogen-bond acceptors (Lipinski definition) is 3. The molecule has 3 rings (SSSR count). The van der Waals surface area contributed by atoms with Gasteiger partial charge in [-0.2, -0.15) is 0 Å². The van der Waals surface area contributed by atoms with Crippen molar-refractivity contribution in [3.63, 3.8) is 0 Å². The first-order valence-electron chi connectivity index (χ1n) is 5.76. The highest BCUT2D eigenvalue weighted by Crippen LogP contribution is 2.52. The van der Waals surface area contributed by atoms with Crippen LogP contribution in [0.4, 0.5) is 0 Å². The summed E-state index contributed by atoms with van der Waals surface area (Å²) in [6.07, 6.45) is 3.09. The van der Waals surface area contributed by atoms with Gasteiger partial charge in [-0.05, 0) is 43.0 Å². The van der Waals surface area contributed by atoms with E-state index in [9.17, 15) is 8.42 Å². The van der Waals surface area contributed by atoms with Crippen molar-refractivity contribution in [2.75, 3.05) is 0 Å². The fourth-order valence-electron chi connectivity index (χ4n) is 2.95. The predicted octanol–water partition coefficient (Wildman–Crippen LogP) is 2.55. The van der Waals surface area contributed by atoms with Crippen LogP contribution in [0.2, 0.25) is 0 Å². The van der Waals surface area contributed by atoms with E-state index in [2.05, 4.69) is 15.9 Å². The van der Waals surface area contributed by atoms with Crippen LogP contribution in [-0.4, -0.2) is 13.2 Å². The van der Waals surface area contributed by atoms with Gasteiger partial charge >= 0.3 is 0 Å². The molecule has 0 aromatic heterocycles. The number of nitrogens with two attached hydrogens (primary N) is 1. The van der Waals surface area contributed by atoms with Gasteiger partial charge in [0.2, 0.25) is 0 Å². The predicted molar refractivity (Wildman–Crippen MR) is 69.5 cm³/mol. The minimum Gasteiger partial charge on any atom is -0.324 e. The molecule has 92 valence electrons. The third-order valence-electron chi connectivity index (χ3n) is 4.09. The van der Waals surface area contributed by atoms with Crippen molar-refractivity contribution in [2.24, 2.45) is 5.73 Å². The molecule has 1 aliphatic heterocycles. The quantitative estimate of drug-likeness (QED) is 0.800. The van der Waals surface area contributed by atoms with Gasteiger partial charge in [0.05, 0.1) is 9.64 Å². The van der Waals surface area contributed by atoms with E-state index in [1.165, 1.54) is 0 Å². The topological polar surface area (TPSA) is 60.2 Å². The molecule has 17 heavy (non-hydrogen) atoms. The molecule has 2 N–H and O–H groups in total. The van der Waals surface area contributed by atoms with Gasteiger partial charge in [-0.3, -0.25) is 0 Å². The van der Waals surface area contributed by atoms with Gasteiger partial charge in [-0.1, -0.05) is 22.4 Å². The molecule has 5 heteroatoms. The standard InChI is InChI=1S/C12H14BrNO2S/c13-8-2-3-11-9(6-8)10(14)7-12(4-1-5-12)17(11,15)16/h2-3,6,10H,1,4-5,7,14H2/t10-/m0/s1. The molecule has 0 bridgehead atoms. The summed E-state index contributed by atoms with van der Waals surface area (Å²) in [5.41, 5.74) is 6.90. The van der Waals surface area contributed by atoms with Gasteiger partial charge in [0.15, 0.2) is 9.84 Å². The molecule has 0 amide bonds. The highest BCUT2D eigenvalue weighted by atomic mass is 79.9. The summed E-state index contributed by atoms with van der Waals surface area (Å²) in [6, 6.07) is 5.14. The zero-order valence-electron chi connectivity index (χ0n) is 9.32. The number of rotatable bonds is 0. The molecule has 0 radical (unpaired) electrons. The molecule has 1 aromatic rings. The van der Waals surface area contributed by atoms with Crippen molar-refractivity contribution < 1.29 is 8.42 Å². The Bertz CT molecular complexity index is 578. The van der Waals surface area contributed by atoms with Gasteiger partial charge < -0.3 is 5.73 Å². The molecule has 0 saturated heterocycles. The maximum absolute atomic E-state index is 12.6. The summed E-state index contributed by atoms with van der Waals surface area (Å²) < 4.78 is 25.5. The van der Waals surface area contributed by atoms with Crippen LogP contribution in [0.3, 0.4) is 0 Å². The molecular formula is C12H14BrNO2S. The van der Waals surface area contributed by atoms with Crippen LogP contribution < -0.4 is 5.73 Å². The van der Waals surface area contributed by atoms with Crippen LogP contribution in [0.25, 0.3) is 0 Å². The van der Waals surface area contributed by atoms with E-state index in [4.69, 9.17) is 5.73 Å². The van der Waals surface area contributed by atoms with Crippen LogP contribution in [0.15, 0.2) is 27.6 Å². The number of sulfone groups is 1. The lowest BCUT2D eigenvalue weighted by molar-refractivity contribution is 0.290. The lowest BCUT2D eigenvalue weighted by Gasteiger charge is -2.46. The molecule has 1 saturated carbocycles. The minimum atomic E-state index is -3.20. The third kappa shape index (κ3) is 1.45. The molecule has 2 aliphatic rings. The van der Waals surface area contributed by atoms with Crippen molar-refractivity contribution in [1.29, 1.82) is 0 Å². The molecule has 1 aliphatic carbocycles. The van der Waals surface area contributed by atoms with E-state index in [1.807, 2.05) is 6.07 Å². The molecule has 1 aromatic carbocycles. The molecule has 1 heterocycles. The Morgan fingerprint density at radius 2 is 2.06 bits per heavy atom. The molecule has 1 atom stereocenters. The first-order chi connectivity index (χ1) is 7.96. The zero-order chi connectivity index (χ0) is 12.3. The van der Waals surface area contributed by atoms with Crippen LogP contribution >= 0.6 is 15.9 Å². The van der Waals surface area contributed by atoms with Crippen LogP contribution in [0.1, 0.15) is 37.3 Å². The zero-order valence-corrected chi connectivity index (χ0v) is 11.7. The van der Waals surface area contributed by atoms with Gasteiger partial charge in [-0.15, -0.1) is 0 Å². The summed E-state index contributed by atoms with van der Waals surface area (Å²) in [4.78, 5) is 0.444. The van der Waals surface area contributed by atoms with Gasteiger partial charge in [0.1, 0.15) is 0 Å². The lowest BCUT2D eigenvalue weighted by Crippen LogP contribution is -2.50. The summed E-state index contributed by atoms with van der Waals surface area (Å²) in [5, 5.41) is 0. The monoisotopic (exact) mass is 315 g/mol. The highest BCUT2D eigenvalue weighted by molar-refractivity contribution is 9.10. The number of fused-ring (bicyclic) bond motifs is 1. The van der Waals surface area contributed by atoms with Crippen LogP contribution in [-0.2, 0) is 9.84 Å². The Labute approximate surface area is 109 Å². The fourth-order valence-corrected chi connectivity index (χ4v) is 5.79. The summed E-state index contributed by atoms with van der Waals surface area (Å²) in [7, 11) is -3.20. The number of hydrogen-bond donors (Lipinski definition) is 1. The Hall–Kier alpha value is -0.390. The molecule has 1 fully saturated rings. The normalized spacial score (nSPS) is 28.5. The number of halogens is 1. The Kier molecular flexibility index (Phi) is 2.44. The van der Waals surface area contributed by atoms with E-state index < -0.39 is 14.6 Å². The van der Waals surface area contributed by atoms with E-state index in [-0.39, 0.29) is 6.04 Å². The maximum Gasteiger partial charge on any atom is 0.184 e. The second kappa shape index (κ2) is 3.56. The lowest BCUT2D eigenvalue weighted by atomic mass is 9.78. The Balaban J connectivity index is 2.24. The van der Waals surface area contributed by atoms with E-state index in [0.29, 0.717) is 11.3 Å². The van der Waals surface area contributed by atoms with Crippen molar-refractivity contribution in [3.8, 4) is 0 Å². The third-order valence-corrected chi connectivity index (χ3v) is 7.25.